The molecular formula is C14H29NO. The van der Waals surface area contributed by atoms with Crippen molar-refractivity contribution in [1.29, 1.82) is 0 Å². The van der Waals surface area contributed by atoms with Gasteiger partial charge < -0.3 is 5.32 Å². The van der Waals surface area contributed by atoms with Crippen LogP contribution in [0.5, 0.6) is 0 Å². The molecule has 0 rings (SSSR count). The number of hydrogen-bond acceptors (Lipinski definition) is 2. The van der Waals surface area contributed by atoms with Gasteiger partial charge in [-0.15, -0.1) is 0 Å². The van der Waals surface area contributed by atoms with Crippen LogP contribution in [0.3, 0.4) is 0 Å². The van der Waals surface area contributed by atoms with Gasteiger partial charge in [-0.3, -0.25) is 4.79 Å². The number of carbonyl (C=O) groups excluding carboxylic acids is 1. The fourth-order valence-electron chi connectivity index (χ4n) is 2.05. The summed E-state index contributed by atoms with van der Waals surface area (Å²) in [6, 6.07) is 0.529. The zero-order chi connectivity index (χ0) is 13.0. The first kappa shape index (κ1) is 15.6. The molecule has 0 aliphatic rings. The lowest BCUT2D eigenvalue weighted by Gasteiger charge is -2.30. The quantitative estimate of drug-likeness (QED) is 0.705. The third-order valence-electron chi connectivity index (χ3n) is 2.83. The molecule has 0 aromatic rings. The van der Waals surface area contributed by atoms with Crippen LogP contribution in [0.1, 0.15) is 61.3 Å². The van der Waals surface area contributed by atoms with E-state index < -0.39 is 0 Å². The van der Waals surface area contributed by atoms with Crippen LogP contribution in [0, 0.1) is 10.8 Å². The lowest BCUT2D eigenvalue weighted by Crippen LogP contribution is -2.35. The zero-order valence-electron chi connectivity index (χ0n) is 12.1. The van der Waals surface area contributed by atoms with Crippen molar-refractivity contribution in [3.8, 4) is 0 Å². The van der Waals surface area contributed by atoms with Gasteiger partial charge in [-0.25, -0.2) is 0 Å². The van der Waals surface area contributed by atoms with Gasteiger partial charge in [0.2, 0.25) is 0 Å². The van der Waals surface area contributed by atoms with E-state index in [0.29, 0.717) is 11.8 Å². The van der Waals surface area contributed by atoms with Crippen LogP contribution in [-0.2, 0) is 4.79 Å². The summed E-state index contributed by atoms with van der Waals surface area (Å²) in [5.41, 5.74) is -0.425. The molecule has 0 aliphatic heterocycles. The van der Waals surface area contributed by atoms with Crippen LogP contribution < -0.4 is 5.32 Å². The summed E-state index contributed by atoms with van der Waals surface area (Å²) < 4.78 is 0. The Morgan fingerprint density at radius 2 is 1.62 bits per heavy atom. The Bertz CT molecular complexity index is 223. The largest absolute Gasteiger partial charge is 0.315 e. The molecule has 2 nitrogen and oxygen atoms in total. The van der Waals surface area contributed by atoms with Crippen molar-refractivity contribution < 1.29 is 4.79 Å². The van der Waals surface area contributed by atoms with Crippen molar-refractivity contribution in [2.75, 3.05) is 6.54 Å². The van der Waals surface area contributed by atoms with Gasteiger partial charge in [0.05, 0.1) is 0 Å². The fraction of sp³-hybridized carbons (Fsp3) is 0.929. The SMILES string of the molecule is CC(C)NCCCC(C)(C)C(=O)C(C)(C)C. The maximum absolute atomic E-state index is 12.2. The normalized spacial score (nSPS) is 13.2. The predicted molar refractivity (Wildman–Crippen MR) is 70.6 cm³/mol. The van der Waals surface area contributed by atoms with E-state index >= 15 is 0 Å². The minimum Gasteiger partial charge on any atom is -0.315 e. The molecule has 0 radical (unpaired) electrons. The molecular weight excluding hydrogens is 198 g/mol. The number of hydrogen-bond donors (Lipinski definition) is 1. The van der Waals surface area contributed by atoms with Crippen LogP contribution in [0.4, 0.5) is 0 Å². The minimum atomic E-state index is -0.227. The highest BCUT2D eigenvalue weighted by atomic mass is 16.1. The molecule has 0 aromatic carbocycles. The first-order chi connectivity index (χ1) is 7.07. The van der Waals surface area contributed by atoms with Gasteiger partial charge in [-0.05, 0) is 19.4 Å². The van der Waals surface area contributed by atoms with E-state index in [2.05, 4.69) is 33.0 Å². The molecule has 0 spiro atoms. The molecule has 0 saturated carbocycles. The number of nitrogens with one attached hydrogen (secondary N) is 1. The van der Waals surface area contributed by atoms with Gasteiger partial charge in [0, 0.05) is 16.9 Å². The first-order valence-electron chi connectivity index (χ1n) is 6.35. The Labute approximate surface area is 101 Å². The topological polar surface area (TPSA) is 29.1 Å². The van der Waals surface area contributed by atoms with Crippen molar-refractivity contribution in [3.05, 3.63) is 0 Å². The molecule has 0 heterocycles. The van der Waals surface area contributed by atoms with Gasteiger partial charge in [0.15, 0.2) is 0 Å². The molecule has 0 aromatic heterocycles. The Balaban J connectivity index is 4.10. The zero-order valence-corrected chi connectivity index (χ0v) is 12.1. The molecule has 0 bridgehead atoms. The molecule has 0 saturated heterocycles. The molecule has 0 amide bonds. The summed E-state index contributed by atoms with van der Waals surface area (Å²) in [5, 5.41) is 3.38. The maximum Gasteiger partial charge on any atom is 0.143 e. The van der Waals surface area contributed by atoms with Crippen molar-refractivity contribution >= 4 is 5.78 Å². The summed E-state index contributed by atoms with van der Waals surface area (Å²) in [4.78, 5) is 12.2. The Morgan fingerprint density at radius 1 is 1.12 bits per heavy atom. The number of carbonyl (C=O) groups is 1. The highest BCUT2D eigenvalue weighted by Crippen LogP contribution is 2.32. The Hall–Kier alpha value is -0.370. The summed E-state index contributed by atoms with van der Waals surface area (Å²) in [7, 11) is 0. The molecule has 0 fully saturated rings. The van der Waals surface area contributed by atoms with Crippen LogP contribution in [0.25, 0.3) is 0 Å². The highest BCUT2D eigenvalue weighted by molar-refractivity contribution is 5.88. The van der Waals surface area contributed by atoms with Crippen molar-refractivity contribution in [2.24, 2.45) is 10.8 Å². The fourth-order valence-corrected chi connectivity index (χ4v) is 2.05. The Kier molecular flexibility index (Phi) is 5.67. The summed E-state index contributed by atoms with van der Waals surface area (Å²) >= 11 is 0. The third-order valence-corrected chi connectivity index (χ3v) is 2.83. The third kappa shape index (κ3) is 5.64. The second-order valence-corrected chi connectivity index (χ2v) is 6.68. The van der Waals surface area contributed by atoms with Crippen LogP contribution in [-0.4, -0.2) is 18.4 Å². The standard InChI is InChI=1S/C14H29NO/c1-11(2)15-10-8-9-14(6,7)12(16)13(3,4)5/h11,15H,8-10H2,1-7H3. The smallest absolute Gasteiger partial charge is 0.143 e. The Morgan fingerprint density at radius 3 is 2.00 bits per heavy atom. The van der Waals surface area contributed by atoms with Crippen molar-refractivity contribution in [1.82, 2.24) is 5.32 Å². The van der Waals surface area contributed by atoms with Crippen LogP contribution >= 0.6 is 0 Å². The lowest BCUT2D eigenvalue weighted by molar-refractivity contribution is -0.135. The van der Waals surface area contributed by atoms with E-state index in [1.165, 1.54) is 0 Å². The average molecular weight is 227 g/mol. The van der Waals surface area contributed by atoms with Gasteiger partial charge in [0.25, 0.3) is 0 Å². The molecule has 0 aliphatic carbocycles. The van der Waals surface area contributed by atoms with E-state index in [9.17, 15) is 4.79 Å². The molecule has 1 N–H and O–H groups in total. The second-order valence-electron chi connectivity index (χ2n) is 6.68. The van der Waals surface area contributed by atoms with Crippen LogP contribution in [0.2, 0.25) is 0 Å². The molecule has 0 atom stereocenters. The maximum atomic E-state index is 12.2. The number of rotatable bonds is 6. The predicted octanol–water partition coefficient (Wildman–Crippen LogP) is 3.41. The van der Waals surface area contributed by atoms with Crippen LogP contribution in [0.15, 0.2) is 0 Å². The molecule has 16 heavy (non-hydrogen) atoms. The first-order valence-corrected chi connectivity index (χ1v) is 6.35. The highest BCUT2D eigenvalue weighted by Gasteiger charge is 2.35. The van der Waals surface area contributed by atoms with E-state index in [0.717, 1.165) is 19.4 Å². The van der Waals surface area contributed by atoms with E-state index in [1.54, 1.807) is 0 Å². The van der Waals surface area contributed by atoms with E-state index in [1.807, 2.05) is 20.8 Å². The number of Topliss-reactive ketones (excluding diaryl/α,β-unsaturated/α-hetero) is 1. The minimum absolute atomic E-state index is 0.198. The summed E-state index contributed by atoms with van der Waals surface area (Å²) in [5.74, 6) is 0.365. The monoisotopic (exact) mass is 227 g/mol. The van der Waals surface area contributed by atoms with Crippen molar-refractivity contribution in [3.63, 3.8) is 0 Å². The molecule has 0 unspecified atom stereocenters. The van der Waals surface area contributed by atoms with E-state index in [-0.39, 0.29) is 10.8 Å². The van der Waals surface area contributed by atoms with Gasteiger partial charge >= 0.3 is 0 Å². The average Bonchev–Trinajstić information content (AvgIpc) is 2.09. The van der Waals surface area contributed by atoms with Gasteiger partial charge in [-0.2, -0.15) is 0 Å². The number of ketones is 1. The lowest BCUT2D eigenvalue weighted by atomic mass is 9.72. The van der Waals surface area contributed by atoms with Crippen molar-refractivity contribution in [2.45, 2.75) is 67.3 Å². The molecule has 96 valence electrons. The second kappa shape index (κ2) is 5.81. The summed E-state index contributed by atoms with van der Waals surface area (Å²) in [6.07, 6.45) is 2.02. The van der Waals surface area contributed by atoms with Gasteiger partial charge in [-0.1, -0.05) is 48.5 Å². The van der Waals surface area contributed by atoms with E-state index in [4.69, 9.17) is 0 Å². The molecule has 2 heteroatoms. The summed E-state index contributed by atoms with van der Waals surface area (Å²) in [6.45, 7) is 15.4. The van der Waals surface area contributed by atoms with Gasteiger partial charge in [0.1, 0.15) is 5.78 Å².